The van der Waals surface area contributed by atoms with Crippen LogP contribution in [0.5, 0.6) is 0 Å². The normalized spacial score (nSPS) is 33.8. The van der Waals surface area contributed by atoms with Crippen molar-refractivity contribution in [3.8, 4) is 0 Å². The van der Waals surface area contributed by atoms with Gasteiger partial charge in [-0.2, -0.15) is 0 Å². The largest absolute Gasteiger partial charge is 0.363 e. The van der Waals surface area contributed by atoms with Crippen molar-refractivity contribution in [2.45, 2.75) is 45.4 Å². The molecular weight excluding hydrogens is 188 g/mol. The molecule has 1 N–H and O–H groups in total. The topological polar surface area (TPSA) is 24.5 Å². The highest BCUT2D eigenvalue weighted by molar-refractivity contribution is 4.80. The predicted octanol–water partition coefficient (Wildman–Crippen LogP) is 1.44. The minimum Gasteiger partial charge on any atom is -0.363 e. The van der Waals surface area contributed by atoms with Gasteiger partial charge < -0.3 is 9.64 Å². The molecule has 2 fully saturated rings. The van der Waals surface area contributed by atoms with Crippen molar-refractivity contribution in [3.05, 3.63) is 0 Å². The summed E-state index contributed by atoms with van der Waals surface area (Å²) >= 11 is 0. The van der Waals surface area contributed by atoms with Crippen LogP contribution in [0, 0.1) is 5.92 Å². The van der Waals surface area contributed by atoms with Crippen LogP contribution in [-0.4, -0.2) is 43.4 Å². The van der Waals surface area contributed by atoms with Crippen LogP contribution in [0.1, 0.15) is 33.1 Å². The zero-order valence-electron chi connectivity index (χ0n) is 10.0. The third kappa shape index (κ3) is 3.16. The smallest absolute Gasteiger partial charge is 0.108 e. The molecule has 2 atom stereocenters. The van der Waals surface area contributed by atoms with E-state index < -0.39 is 0 Å². The third-order valence-corrected chi connectivity index (χ3v) is 3.61. The Morgan fingerprint density at radius 3 is 2.93 bits per heavy atom. The van der Waals surface area contributed by atoms with E-state index in [2.05, 4.69) is 24.1 Å². The molecule has 0 aromatic rings. The minimum atomic E-state index is 0.330. The predicted molar refractivity (Wildman–Crippen MR) is 61.8 cm³/mol. The lowest BCUT2D eigenvalue weighted by Gasteiger charge is -2.27. The van der Waals surface area contributed by atoms with Crippen LogP contribution < -0.4 is 5.32 Å². The van der Waals surface area contributed by atoms with Crippen LogP contribution in [0.25, 0.3) is 0 Å². The van der Waals surface area contributed by atoms with Gasteiger partial charge in [0, 0.05) is 19.2 Å². The van der Waals surface area contributed by atoms with Gasteiger partial charge in [-0.25, -0.2) is 0 Å². The van der Waals surface area contributed by atoms with Crippen LogP contribution in [-0.2, 0) is 4.74 Å². The molecule has 0 aromatic carbocycles. The molecule has 0 bridgehead atoms. The van der Waals surface area contributed by atoms with Crippen LogP contribution in [0.4, 0.5) is 0 Å². The molecule has 2 rings (SSSR count). The van der Waals surface area contributed by atoms with E-state index in [1.54, 1.807) is 0 Å². The Balaban J connectivity index is 1.71. The monoisotopic (exact) mass is 212 g/mol. The summed E-state index contributed by atoms with van der Waals surface area (Å²) in [4.78, 5) is 2.58. The second-order valence-corrected chi connectivity index (χ2v) is 5.15. The Labute approximate surface area is 93.2 Å². The third-order valence-electron chi connectivity index (χ3n) is 3.61. The number of likely N-dealkylation sites (tertiary alicyclic amines) is 1. The Morgan fingerprint density at radius 2 is 2.33 bits per heavy atom. The standard InChI is InChI=1S/C12H24N2O/c1-10(2)14-6-4-11(9-14)8-12-13-5-3-7-15-12/h10-13H,3-9H2,1-2H3. The van der Waals surface area contributed by atoms with E-state index >= 15 is 0 Å². The molecule has 15 heavy (non-hydrogen) atoms. The summed E-state index contributed by atoms with van der Waals surface area (Å²) in [5.41, 5.74) is 0. The second kappa shape index (κ2) is 5.28. The summed E-state index contributed by atoms with van der Waals surface area (Å²) in [5, 5.41) is 3.45. The molecule has 0 saturated carbocycles. The van der Waals surface area contributed by atoms with Crippen molar-refractivity contribution in [2.24, 2.45) is 5.92 Å². The molecule has 0 spiro atoms. The number of ether oxygens (including phenoxy) is 1. The summed E-state index contributed by atoms with van der Waals surface area (Å²) in [5.74, 6) is 0.836. The van der Waals surface area contributed by atoms with Crippen molar-refractivity contribution >= 4 is 0 Å². The molecule has 3 nitrogen and oxygen atoms in total. The molecule has 2 unspecified atom stereocenters. The number of nitrogens with one attached hydrogen (secondary N) is 1. The van der Waals surface area contributed by atoms with Gasteiger partial charge in [0.25, 0.3) is 0 Å². The van der Waals surface area contributed by atoms with Crippen LogP contribution >= 0.6 is 0 Å². The van der Waals surface area contributed by atoms with Gasteiger partial charge in [-0.15, -0.1) is 0 Å². The van der Waals surface area contributed by atoms with Gasteiger partial charge in [-0.1, -0.05) is 0 Å². The molecule has 0 aromatic heterocycles. The molecule has 2 heterocycles. The summed E-state index contributed by atoms with van der Waals surface area (Å²) in [7, 11) is 0. The molecule has 0 radical (unpaired) electrons. The fourth-order valence-electron chi connectivity index (χ4n) is 2.60. The van der Waals surface area contributed by atoms with E-state index in [0.717, 1.165) is 19.1 Å². The molecule has 2 aliphatic rings. The first-order chi connectivity index (χ1) is 7.25. The number of rotatable bonds is 3. The Kier molecular flexibility index (Phi) is 4.00. The van der Waals surface area contributed by atoms with E-state index in [1.165, 1.54) is 32.4 Å². The first-order valence-electron chi connectivity index (χ1n) is 6.34. The fourth-order valence-corrected chi connectivity index (χ4v) is 2.60. The van der Waals surface area contributed by atoms with Gasteiger partial charge in [0.1, 0.15) is 6.23 Å². The summed E-state index contributed by atoms with van der Waals surface area (Å²) in [6, 6.07) is 0.704. The summed E-state index contributed by atoms with van der Waals surface area (Å²) in [6.07, 6.45) is 4.04. The molecule has 88 valence electrons. The van der Waals surface area contributed by atoms with Crippen LogP contribution in [0.15, 0.2) is 0 Å². The zero-order chi connectivity index (χ0) is 10.7. The van der Waals surface area contributed by atoms with E-state index in [4.69, 9.17) is 4.74 Å². The Bertz CT molecular complexity index is 190. The van der Waals surface area contributed by atoms with Crippen LogP contribution in [0.2, 0.25) is 0 Å². The zero-order valence-corrected chi connectivity index (χ0v) is 10.0. The van der Waals surface area contributed by atoms with Crippen molar-refractivity contribution in [3.63, 3.8) is 0 Å². The van der Waals surface area contributed by atoms with E-state index in [9.17, 15) is 0 Å². The van der Waals surface area contributed by atoms with Crippen LogP contribution in [0.3, 0.4) is 0 Å². The second-order valence-electron chi connectivity index (χ2n) is 5.15. The number of nitrogens with zero attached hydrogens (tertiary/aromatic N) is 1. The molecule has 0 amide bonds. The van der Waals surface area contributed by atoms with Crippen molar-refractivity contribution in [1.29, 1.82) is 0 Å². The minimum absolute atomic E-state index is 0.330. The summed E-state index contributed by atoms with van der Waals surface area (Å²) < 4.78 is 5.71. The van der Waals surface area contributed by atoms with E-state index in [1.807, 2.05) is 0 Å². The highest BCUT2D eigenvalue weighted by Gasteiger charge is 2.27. The SMILES string of the molecule is CC(C)N1CCC(CC2NCCCO2)C1. The number of hydrogen-bond donors (Lipinski definition) is 1. The van der Waals surface area contributed by atoms with Gasteiger partial charge in [-0.3, -0.25) is 5.32 Å². The average molecular weight is 212 g/mol. The fraction of sp³-hybridized carbons (Fsp3) is 1.00. The van der Waals surface area contributed by atoms with Gasteiger partial charge in [0.2, 0.25) is 0 Å². The number of hydrogen-bond acceptors (Lipinski definition) is 3. The molecule has 2 saturated heterocycles. The van der Waals surface area contributed by atoms with Gasteiger partial charge >= 0.3 is 0 Å². The summed E-state index contributed by atoms with van der Waals surface area (Å²) in [6.45, 7) is 9.19. The highest BCUT2D eigenvalue weighted by Crippen LogP contribution is 2.23. The van der Waals surface area contributed by atoms with E-state index in [-0.39, 0.29) is 0 Å². The lowest BCUT2D eigenvalue weighted by atomic mass is 10.0. The molecule has 0 aliphatic carbocycles. The first kappa shape index (κ1) is 11.4. The lowest BCUT2D eigenvalue weighted by molar-refractivity contribution is -0.0126. The molecular formula is C12H24N2O. The van der Waals surface area contributed by atoms with E-state index in [0.29, 0.717) is 12.3 Å². The Morgan fingerprint density at radius 1 is 1.47 bits per heavy atom. The molecule has 2 aliphatic heterocycles. The quantitative estimate of drug-likeness (QED) is 0.766. The van der Waals surface area contributed by atoms with Crippen molar-refractivity contribution < 1.29 is 4.74 Å². The average Bonchev–Trinajstić information content (AvgIpc) is 2.68. The maximum Gasteiger partial charge on any atom is 0.108 e. The highest BCUT2D eigenvalue weighted by atomic mass is 16.5. The van der Waals surface area contributed by atoms with Gasteiger partial charge in [-0.05, 0) is 52.1 Å². The molecule has 3 heteroatoms. The van der Waals surface area contributed by atoms with Gasteiger partial charge in [0.05, 0.1) is 0 Å². The van der Waals surface area contributed by atoms with Crippen molar-refractivity contribution in [2.75, 3.05) is 26.2 Å². The lowest BCUT2D eigenvalue weighted by Crippen LogP contribution is -2.40. The Hall–Kier alpha value is -0.120. The maximum atomic E-state index is 5.71. The maximum absolute atomic E-state index is 5.71. The van der Waals surface area contributed by atoms with Gasteiger partial charge in [0.15, 0.2) is 0 Å². The van der Waals surface area contributed by atoms with Crippen molar-refractivity contribution in [1.82, 2.24) is 10.2 Å². The first-order valence-corrected chi connectivity index (χ1v) is 6.34.